The van der Waals surface area contributed by atoms with Crippen LogP contribution in [0.4, 0.5) is 0 Å². The maximum atomic E-state index is 11.7. The molecule has 0 aromatic rings. The van der Waals surface area contributed by atoms with E-state index in [9.17, 15) is 71.5 Å². The molecule has 12 bridgehead atoms. The fraction of sp³-hybridized carbons (Fsp3) is 1.00. The fourth-order valence-corrected chi connectivity index (χ4v) is 9.83. The first-order chi connectivity index (χ1) is 30.7. The molecule has 12 rings (SSSR count). The molecule has 12 saturated heterocycles. The molecule has 0 amide bonds. The Morgan fingerprint density at radius 3 is 0.719 bits per heavy atom. The summed E-state index contributed by atoms with van der Waals surface area (Å²) in [5.74, 6) is 0. The molecule has 0 aromatic heterocycles. The Balaban J connectivity index is 1.05. The maximum Gasteiger partial charge on any atom is 0.187 e. The maximum absolute atomic E-state index is 11.7. The van der Waals surface area contributed by atoms with Crippen LogP contribution < -0.4 is 0 Å². The van der Waals surface area contributed by atoms with Gasteiger partial charge < -0.3 is 138 Å². The molecular formula is C36H56O28. The summed E-state index contributed by atoms with van der Waals surface area (Å²) in [5.41, 5.74) is 0. The van der Waals surface area contributed by atoms with Crippen molar-refractivity contribution in [2.75, 3.05) is 39.6 Å². The average molecular weight is 937 g/mol. The van der Waals surface area contributed by atoms with Crippen LogP contribution in [0, 0.1) is 0 Å². The molecular weight excluding hydrogens is 880 g/mol. The van der Waals surface area contributed by atoms with Crippen LogP contribution in [-0.2, 0) is 66.3 Å². The smallest absolute Gasteiger partial charge is 0.187 e. The lowest BCUT2D eigenvalue weighted by atomic mass is 9.92. The number of rotatable bonds is 6. The predicted octanol–water partition coefficient (Wildman–Crippen LogP) is -11.0. The summed E-state index contributed by atoms with van der Waals surface area (Å²) in [6.07, 6.45) is -50.1. The van der Waals surface area contributed by atoms with Crippen molar-refractivity contribution >= 4 is 0 Å². The highest BCUT2D eigenvalue weighted by Crippen LogP contribution is 2.43. The molecule has 12 aliphatic rings. The number of aliphatic hydroxyl groups is 14. The summed E-state index contributed by atoms with van der Waals surface area (Å²) in [5, 5.41) is 154. The van der Waals surface area contributed by atoms with E-state index >= 15 is 0 Å². The van der Waals surface area contributed by atoms with Gasteiger partial charge >= 0.3 is 0 Å². The van der Waals surface area contributed by atoms with Crippen molar-refractivity contribution in [1.82, 2.24) is 0 Å². The third kappa shape index (κ3) is 8.23. The van der Waals surface area contributed by atoms with Crippen LogP contribution in [0.2, 0.25) is 0 Å². The summed E-state index contributed by atoms with van der Waals surface area (Å²) in [6, 6.07) is 0. The van der Waals surface area contributed by atoms with Crippen LogP contribution >= 0.6 is 0 Å². The van der Waals surface area contributed by atoms with Crippen molar-refractivity contribution in [1.29, 1.82) is 0 Å². The van der Waals surface area contributed by atoms with Gasteiger partial charge in [-0.1, -0.05) is 0 Å². The normalized spacial score (nSPS) is 57.7. The number of hydrogen-bond acceptors (Lipinski definition) is 28. The Kier molecular flexibility index (Phi) is 14.5. The van der Waals surface area contributed by atoms with E-state index < -0.39 is 224 Å². The van der Waals surface area contributed by atoms with Crippen LogP contribution in [0.15, 0.2) is 0 Å². The van der Waals surface area contributed by atoms with Gasteiger partial charge in [0.15, 0.2) is 37.7 Å². The molecule has 0 radical (unpaired) electrons. The molecule has 12 fully saturated rings. The molecule has 0 aliphatic carbocycles. The third-order valence-electron chi connectivity index (χ3n) is 13.2. The van der Waals surface area contributed by atoms with Gasteiger partial charge in [0.2, 0.25) is 0 Å². The van der Waals surface area contributed by atoms with Crippen LogP contribution in [0.5, 0.6) is 0 Å². The van der Waals surface area contributed by atoms with Crippen LogP contribution in [0.1, 0.15) is 0 Å². The first-order valence-corrected chi connectivity index (χ1v) is 21.0. The third-order valence-corrected chi connectivity index (χ3v) is 13.2. The van der Waals surface area contributed by atoms with E-state index in [0.29, 0.717) is 0 Å². The topological polar surface area (TPSA) is 412 Å². The van der Waals surface area contributed by atoms with E-state index in [1.807, 2.05) is 0 Å². The minimum Gasteiger partial charge on any atom is -0.394 e. The molecule has 0 aromatic carbocycles. The largest absolute Gasteiger partial charge is 0.394 e. The van der Waals surface area contributed by atoms with E-state index in [0.717, 1.165) is 0 Å². The fourth-order valence-electron chi connectivity index (χ4n) is 9.83. The van der Waals surface area contributed by atoms with E-state index in [-0.39, 0.29) is 0 Å². The molecule has 12 unspecified atom stereocenters. The Hall–Kier alpha value is -1.12. The molecule has 28 heteroatoms. The van der Waals surface area contributed by atoms with Gasteiger partial charge in [0.25, 0.3) is 0 Å². The molecule has 0 spiro atoms. The van der Waals surface area contributed by atoms with Gasteiger partial charge in [-0.15, -0.1) is 0 Å². The number of hydrogen-bond donors (Lipinski definition) is 14. The van der Waals surface area contributed by atoms with Crippen LogP contribution in [0.25, 0.3) is 0 Å². The zero-order valence-corrected chi connectivity index (χ0v) is 33.5. The van der Waals surface area contributed by atoms with Crippen LogP contribution in [0.3, 0.4) is 0 Å². The summed E-state index contributed by atoms with van der Waals surface area (Å²) in [4.78, 5) is 0. The SMILES string of the molecule is OC[C@H]1OC2OC3[C@@H](CO)OC4OC5[C@@H](CO)OC(OC6[C@@H](CO)OC(OC7[C@@H](CO)OC8OC9[C@@H](CO)OC(OC1[C@H](O)[C@H]2O)[C@H](O)[C@H]9O[C@@H]8[C@H]7O)[C@H](O)[C@H]6O)[C@H](O)[C@H]5O[C@@H]4[C@H]3O. The monoisotopic (exact) mass is 936 g/mol. The van der Waals surface area contributed by atoms with Gasteiger partial charge in [0, 0.05) is 0 Å². The van der Waals surface area contributed by atoms with Crippen molar-refractivity contribution in [3.63, 3.8) is 0 Å². The van der Waals surface area contributed by atoms with Crippen molar-refractivity contribution < 1.29 is 138 Å². The summed E-state index contributed by atoms with van der Waals surface area (Å²) < 4.78 is 82.9. The molecule has 368 valence electrons. The zero-order valence-electron chi connectivity index (χ0n) is 33.5. The van der Waals surface area contributed by atoms with E-state index in [1.165, 1.54) is 0 Å². The second-order valence-electron chi connectivity index (χ2n) is 17.0. The van der Waals surface area contributed by atoms with E-state index in [4.69, 9.17) is 66.3 Å². The highest BCUT2D eigenvalue weighted by Gasteiger charge is 2.63. The van der Waals surface area contributed by atoms with Crippen molar-refractivity contribution in [3.05, 3.63) is 0 Å². The Labute approximate surface area is 361 Å². The molecule has 14 N–H and O–H groups in total. The average Bonchev–Trinajstić information content (AvgIpc) is 3.30. The molecule has 12 aliphatic heterocycles. The quantitative estimate of drug-likeness (QED) is 0.118. The predicted molar refractivity (Wildman–Crippen MR) is 189 cm³/mol. The minimum absolute atomic E-state index is 0.780. The standard InChI is InChI=1S/C36H56O28/c37-1-7-21-13(43)15(45)31(51-7)61-23-9(3-39)55-35-29(17(23)47)58-28-20(50)34(54-12(6-42)26(28)64-35)60-22-8(2-38)52-32(16(46)14(22)44)62-24-10(4-40)56-36-30(18(24)48)57-27-19(49)33(59-21)53-11(5-41)25(27)63-36/h7-50H,1-6H2/t7-,8-,9-,10-,11-,12-,13-,14-,15-,16-,17+,18+,19-,20-,21?,22?,23?,24?,25?,26?,27-,28-,29-,30-,31?,32?,33?,34?,35?,36?/m1/s1. The van der Waals surface area contributed by atoms with Gasteiger partial charge in [-0.25, -0.2) is 0 Å². The summed E-state index contributed by atoms with van der Waals surface area (Å²) >= 11 is 0. The second kappa shape index (κ2) is 19.3. The van der Waals surface area contributed by atoms with Crippen molar-refractivity contribution in [2.45, 2.75) is 184 Å². The molecule has 28 nitrogen and oxygen atoms in total. The highest BCUT2D eigenvalue weighted by atomic mass is 16.8. The van der Waals surface area contributed by atoms with Crippen LogP contribution in [-0.4, -0.2) is 295 Å². The highest BCUT2D eigenvalue weighted by molar-refractivity contribution is 5.05. The van der Waals surface area contributed by atoms with Gasteiger partial charge in [0.05, 0.1) is 39.6 Å². The van der Waals surface area contributed by atoms with E-state index in [2.05, 4.69) is 0 Å². The molecule has 0 saturated carbocycles. The minimum atomic E-state index is -2.04. The van der Waals surface area contributed by atoms with Gasteiger partial charge in [-0.3, -0.25) is 0 Å². The Bertz CT molecular complexity index is 1440. The second-order valence-corrected chi connectivity index (χ2v) is 17.0. The van der Waals surface area contributed by atoms with E-state index in [1.54, 1.807) is 0 Å². The lowest BCUT2D eigenvalue weighted by molar-refractivity contribution is -0.439. The molecule has 12 heterocycles. The van der Waals surface area contributed by atoms with Crippen molar-refractivity contribution in [3.8, 4) is 0 Å². The summed E-state index contributed by atoms with van der Waals surface area (Å²) in [7, 11) is 0. The Morgan fingerprint density at radius 1 is 0.188 bits per heavy atom. The summed E-state index contributed by atoms with van der Waals surface area (Å²) in [6.45, 7) is -5.04. The van der Waals surface area contributed by atoms with Gasteiger partial charge in [-0.05, 0) is 0 Å². The zero-order chi connectivity index (χ0) is 45.5. The Morgan fingerprint density at radius 2 is 0.422 bits per heavy atom. The first-order valence-electron chi connectivity index (χ1n) is 21.0. The molecule has 30 atom stereocenters. The number of ether oxygens (including phenoxy) is 14. The van der Waals surface area contributed by atoms with Gasteiger partial charge in [0.1, 0.15) is 146 Å². The van der Waals surface area contributed by atoms with Crippen molar-refractivity contribution in [2.24, 2.45) is 0 Å². The number of aliphatic hydroxyl groups excluding tert-OH is 14. The van der Waals surface area contributed by atoms with Gasteiger partial charge in [-0.2, -0.15) is 0 Å². The molecule has 64 heavy (non-hydrogen) atoms. The lowest BCUT2D eigenvalue weighted by Crippen LogP contribution is -2.73. The lowest BCUT2D eigenvalue weighted by Gasteiger charge is -2.55. The first kappa shape index (κ1) is 47.9.